The van der Waals surface area contributed by atoms with E-state index < -0.39 is 0 Å². The monoisotopic (exact) mass is 217 g/mol. The Balaban J connectivity index is 2.15. The molecule has 0 aliphatic carbocycles. The third-order valence-electron chi connectivity index (χ3n) is 2.06. The fourth-order valence-electron chi connectivity index (χ4n) is 1.41. The van der Waals surface area contributed by atoms with Gasteiger partial charge in [-0.2, -0.15) is 0 Å². The predicted molar refractivity (Wildman–Crippen MR) is 61.1 cm³/mol. The largest absolute Gasteiger partial charge is 0.0877 e. The molecule has 0 aromatic heterocycles. The van der Waals surface area contributed by atoms with Gasteiger partial charge in [-0.05, 0) is 24.2 Å². The Bertz CT molecular complexity index is 523. The molecular formula is C12H8S2. The van der Waals surface area contributed by atoms with Crippen LogP contribution < -0.4 is 0 Å². The number of fused-ring (bicyclic) bond motifs is 2. The van der Waals surface area contributed by atoms with Gasteiger partial charge in [0, 0.05) is 19.6 Å². The summed E-state index contributed by atoms with van der Waals surface area (Å²) in [6, 6.07) is 14.9. The van der Waals surface area contributed by atoms with Crippen molar-refractivity contribution in [3.63, 3.8) is 0 Å². The van der Waals surface area contributed by atoms with Gasteiger partial charge < -0.3 is 0 Å². The van der Waals surface area contributed by atoms with Gasteiger partial charge in [0.25, 0.3) is 0 Å². The van der Waals surface area contributed by atoms with Crippen molar-refractivity contribution in [2.45, 2.75) is 19.6 Å². The highest BCUT2D eigenvalue weighted by molar-refractivity contribution is 8.05. The van der Waals surface area contributed by atoms with E-state index in [0.717, 1.165) is 4.90 Å². The van der Waals surface area contributed by atoms with E-state index in [0.29, 0.717) is 6.04 Å². The lowest BCUT2D eigenvalue weighted by Gasteiger charge is -2.17. The summed E-state index contributed by atoms with van der Waals surface area (Å²) < 4.78 is 7.86. The van der Waals surface area contributed by atoms with Crippen molar-refractivity contribution in [1.82, 2.24) is 0 Å². The Morgan fingerprint density at radius 3 is 1.93 bits per heavy atom. The van der Waals surface area contributed by atoms with Gasteiger partial charge >= 0.3 is 0 Å². The van der Waals surface area contributed by atoms with Gasteiger partial charge in [-0.15, -0.1) is 0 Å². The lowest BCUT2D eigenvalue weighted by molar-refractivity contribution is 1.16. The molecule has 68 valence electrons. The molecule has 0 radical (unpaired) electrons. The standard InChI is InChI=1S/C12H8S2/c1-2-6-10-9(5-1)13-11-7-3-4-8-12(11)14-10/h1-8H/i5D. The van der Waals surface area contributed by atoms with Crippen LogP contribution in [0.15, 0.2) is 68.1 Å². The maximum Gasteiger partial charge on any atom is 0.0635 e. The van der Waals surface area contributed by atoms with Crippen LogP contribution in [0.1, 0.15) is 1.37 Å². The van der Waals surface area contributed by atoms with Crippen molar-refractivity contribution in [2.75, 3.05) is 0 Å². The molecule has 0 bridgehead atoms. The molecule has 1 aliphatic heterocycles. The molecule has 2 aromatic carbocycles. The van der Waals surface area contributed by atoms with E-state index in [1.54, 1.807) is 23.5 Å². The molecule has 0 atom stereocenters. The number of hydrogen-bond acceptors (Lipinski definition) is 2. The molecule has 0 saturated carbocycles. The number of benzene rings is 2. The van der Waals surface area contributed by atoms with Crippen LogP contribution in [0.5, 0.6) is 0 Å². The van der Waals surface area contributed by atoms with Crippen LogP contribution in [-0.2, 0) is 0 Å². The van der Waals surface area contributed by atoms with Crippen molar-refractivity contribution >= 4 is 23.5 Å². The van der Waals surface area contributed by atoms with E-state index in [9.17, 15) is 0 Å². The molecule has 0 fully saturated rings. The maximum absolute atomic E-state index is 7.86. The minimum absolute atomic E-state index is 0.625. The van der Waals surface area contributed by atoms with E-state index >= 15 is 0 Å². The summed E-state index contributed by atoms with van der Waals surface area (Å²) in [6.45, 7) is 0. The smallest absolute Gasteiger partial charge is 0.0635 e. The second kappa shape index (κ2) is 3.37. The Morgan fingerprint density at radius 1 is 0.714 bits per heavy atom. The minimum atomic E-state index is 0.625. The Kier molecular flexibility index (Phi) is 1.79. The normalized spacial score (nSPS) is 14.1. The van der Waals surface area contributed by atoms with Gasteiger partial charge in [0.2, 0.25) is 0 Å². The van der Waals surface area contributed by atoms with E-state index in [4.69, 9.17) is 1.37 Å². The first-order valence-corrected chi connectivity index (χ1v) is 6.02. The molecule has 0 amide bonds. The summed E-state index contributed by atoms with van der Waals surface area (Å²) in [4.78, 5) is 4.84. The topological polar surface area (TPSA) is 0 Å². The number of hydrogen-bond donors (Lipinski definition) is 0. The molecule has 1 heterocycles. The molecule has 0 spiro atoms. The van der Waals surface area contributed by atoms with E-state index in [-0.39, 0.29) is 0 Å². The van der Waals surface area contributed by atoms with Crippen LogP contribution in [-0.4, -0.2) is 0 Å². The van der Waals surface area contributed by atoms with Gasteiger partial charge in [-0.1, -0.05) is 47.8 Å². The third-order valence-corrected chi connectivity index (χ3v) is 4.58. The summed E-state index contributed by atoms with van der Waals surface area (Å²) in [6.07, 6.45) is 0. The highest BCUT2D eigenvalue weighted by Gasteiger charge is 2.14. The van der Waals surface area contributed by atoms with Crippen molar-refractivity contribution in [3.05, 3.63) is 48.5 Å². The van der Waals surface area contributed by atoms with Gasteiger partial charge in [0.15, 0.2) is 0 Å². The number of rotatable bonds is 0. The van der Waals surface area contributed by atoms with Gasteiger partial charge in [-0.25, -0.2) is 0 Å². The average molecular weight is 217 g/mol. The van der Waals surface area contributed by atoms with Crippen LogP contribution in [0.4, 0.5) is 0 Å². The zero-order chi connectivity index (χ0) is 10.3. The molecular weight excluding hydrogens is 208 g/mol. The van der Waals surface area contributed by atoms with Crippen LogP contribution in [0, 0.1) is 0 Å². The van der Waals surface area contributed by atoms with E-state index in [1.165, 1.54) is 14.7 Å². The van der Waals surface area contributed by atoms with Crippen LogP contribution in [0.2, 0.25) is 0 Å². The maximum atomic E-state index is 7.86. The molecule has 1 aliphatic rings. The van der Waals surface area contributed by atoms with Crippen molar-refractivity contribution in [3.8, 4) is 0 Å². The highest BCUT2D eigenvalue weighted by Crippen LogP contribution is 2.47. The SMILES string of the molecule is [2H]c1cccc2c1Sc1ccccc1S2. The molecule has 0 unspecified atom stereocenters. The molecule has 0 nitrogen and oxygen atoms in total. The lowest BCUT2D eigenvalue weighted by atomic mass is 10.3. The lowest BCUT2D eigenvalue weighted by Crippen LogP contribution is -1.87. The second-order valence-electron chi connectivity index (χ2n) is 3.01. The summed E-state index contributed by atoms with van der Waals surface area (Å²) in [5, 5.41) is 0. The first-order valence-electron chi connectivity index (χ1n) is 4.89. The zero-order valence-electron chi connectivity index (χ0n) is 8.36. The molecule has 2 heteroatoms. The second-order valence-corrected chi connectivity index (χ2v) is 5.15. The average Bonchev–Trinajstić information content (AvgIpc) is 2.27. The summed E-state index contributed by atoms with van der Waals surface area (Å²) in [5.41, 5.74) is 0. The minimum Gasteiger partial charge on any atom is -0.0877 e. The van der Waals surface area contributed by atoms with Crippen LogP contribution in [0.25, 0.3) is 0 Å². The van der Waals surface area contributed by atoms with E-state index in [2.05, 4.69) is 24.3 Å². The fourth-order valence-corrected chi connectivity index (χ4v) is 3.59. The van der Waals surface area contributed by atoms with Crippen LogP contribution in [0.3, 0.4) is 0 Å². The van der Waals surface area contributed by atoms with Crippen molar-refractivity contribution in [2.24, 2.45) is 0 Å². The first-order chi connectivity index (χ1) is 7.34. The fraction of sp³-hybridized carbons (Fsp3) is 0. The molecule has 14 heavy (non-hydrogen) atoms. The highest BCUT2D eigenvalue weighted by atomic mass is 32.2. The Morgan fingerprint density at radius 2 is 1.21 bits per heavy atom. The van der Waals surface area contributed by atoms with E-state index in [1.807, 2.05) is 18.2 Å². The Hall–Kier alpha value is -0.860. The van der Waals surface area contributed by atoms with Gasteiger partial charge in [-0.3, -0.25) is 0 Å². The third kappa shape index (κ3) is 1.35. The first kappa shape index (κ1) is 7.43. The molecule has 0 N–H and O–H groups in total. The Labute approximate surface area is 93.1 Å². The van der Waals surface area contributed by atoms with Gasteiger partial charge in [0.05, 0.1) is 1.37 Å². The molecule has 3 rings (SSSR count). The molecule has 0 saturated heterocycles. The van der Waals surface area contributed by atoms with Crippen molar-refractivity contribution in [1.29, 1.82) is 0 Å². The van der Waals surface area contributed by atoms with Crippen LogP contribution >= 0.6 is 23.5 Å². The summed E-state index contributed by atoms with van der Waals surface area (Å²) in [7, 11) is 0. The van der Waals surface area contributed by atoms with Gasteiger partial charge in [0.1, 0.15) is 0 Å². The molecule has 2 aromatic rings. The summed E-state index contributed by atoms with van der Waals surface area (Å²) in [5.74, 6) is 0. The zero-order valence-corrected chi connectivity index (χ0v) is 8.99. The quantitative estimate of drug-likeness (QED) is 0.550. The predicted octanol–water partition coefficient (Wildman–Crippen LogP) is 4.30. The van der Waals surface area contributed by atoms with Crippen molar-refractivity contribution < 1.29 is 1.37 Å². The summed E-state index contributed by atoms with van der Waals surface area (Å²) >= 11 is 3.46.